The van der Waals surface area contributed by atoms with Gasteiger partial charge in [0, 0.05) is 38.0 Å². The van der Waals surface area contributed by atoms with Crippen molar-refractivity contribution >= 4 is 23.2 Å². The van der Waals surface area contributed by atoms with Crippen LogP contribution in [-0.2, 0) is 11.3 Å². The summed E-state index contributed by atoms with van der Waals surface area (Å²) in [5.74, 6) is -2.26. The first kappa shape index (κ1) is 22.8. The fraction of sp³-hybridized carbons (Fsp3) is 0.381. The minimum Gasteiger partial charge on any atom is -0.445 e. The number of ether oxygens (including phenoxy) is 2. The van der Waals surface area contributed by atoms with Crippen LogP contribution in [0.2, 0.25) is 0 Å². The molecule has 184 valence electrons. The van der Waals surface area contributed by atoms with Crippen LogP contribution in [0.25, 0.3) is 11.2 Å². The Kier molecular flexibility index (Phi) is 5.65. The van der Waals surface area contributed by atoms with Crippen molar-refractivity contribution < 1.29 is 36.6 Å². The summed E-state index contributed by atoms with van der Waals surface area (Å²) >= 11 is 0. The number of pyridine rings is 1. The van der Waals surface area contributed by atoms with Crippen LogP contribution < -0.4 is 4.74 Å². The lowest BCUT2D eigenvalue weighted by Gasteiger charge is -2.21. The van der Waals surface area contributed by atoms with Gasteiger partial charge in [-0.2, -0.15) is 10.3 Å². The molecule has 35 heavy (non-hydrogen) atoms. The van der Waals surface area contributed by atoms with E-state index in [1.807, 2.05) is 0 Å². The zero-order valence-corrected chi connectivity index (χ0v) is 18.0. The Labute approximate surface area is 194 Å². The number of hydrogen-bond acceptors (Lipinski definition) is 7. The molecule has 2 aliphatic rings. The molecular weight excluding hydrogens is 476 g/mol. The lowest BCUT2D eigenvalue weighted by Crippen LogP contribution is -2.36. The first-order valence-corrected chi connectivity index (χ1v) is 10.6. The molecule has 0 aliphatic carbocycles. The molecule has 14 heteroatoms. The van der Waals surface area contributed by atoms with Crippen molar-refractivity contribution in [3.8, 4) is 5.75 Å². The highest BCUT2D eigenvalue weighted by atomic mass is 19.4. The van der Waals surface area contributed by atoms with E-state index in [4.69, 9.17) is 4.74 Å². The van der Waals surface area contributed by atoms with Gasteiger partial charge < -0.3 is 19.3 Å². The Morgan fingerprint density at radius 2 is 1.74 bits per heavy atom. The van der Waals surface area contributed by atoms with Crippen LogP contribution in [0.4, 0.5) is 22.4 Å². The Hall–Kier alpha value is -3.97. The average Bonchev–Trinajstić information content (AvgIpc) is 3.52. The fourth-order valence-corrected chi connectivity index (χ4v) is 4.40. The summed E-state index contributed by atoms with van der Waals surface area (Å²) in [4.78, 5) is 32.7. The van der Waals surface area contributed by atoms with Crippen LogP contribution in [0.5, 0.6) is 5.75 Å². The summed E-state index contributed by atoms with van der Waals surface area (Å²) < 4.78 is 59.4. The summed E-state index contributed by atoms with van der Waals surface area (Å²) in [5.41, 5.74) is 1.36. The fourth-order valence-electron chi connectivity index (χ4n) is 4.40. The van der Waals surface area contributed by atoms with Crippen LogP contribution in [0, 0.1) is 17.7 Å². The number of H-pyrrole nitrogens is 1. The molecule has 2 atom stereocenters. The molecule has 2 saturated heterocycles. The molecule has 0 saturated carbocycles. The molecule has 2 fully saturated rings. The zero-order valence-electron chi connectivity index (χ0n) is 18.0. The van der Waals surface area contributed by atoms with Crippen molar-refractivity contribution in [2.75, 3.05) is 26.2 Å². The number of rotatable bonds is 4. The van der Waals surface area contributed by atoms with Gasteiger partial charge in [0.2, 0.25) is 5.65 Å². The van der Waals surface area contributed by atoms with Gasteiger partial charge in [0.15, 0.2) is 11.6 Å². The van der Waals surface area contributed by atoms with E-state index in [-0.39, 0.29) is 35.6 Å². The standard InChI is InChI=1S/C21H18F4N6O4/c22-14-5-11(1-4-17(14)35-21(23,24)25)10-34-20(33)31-8-12-6-30(7-13(12)9-31)19(32)16-3-2-15-18(26-16)28-29-27-15/h1-5,12-13H,6-10H2,(H,26,27,28,29). The lowest BCUT2D eigenvalue weighted by molar-refractivity contribution is -0.275. The molecule has 0 spiro atoms. The molecule has 2 aromatic heterocycles. The largest absolute Gasteiger partial charge is 0.573 e. The molecule has 5 rings (SSSR count). The molecule has 1 N–H and O–H groups in total. The molecule has 10 nitrogen and oxygen atoms in total. The first-order valence-electron chi connectivity index (χ1n) is 10.6. The Morgan fingerprint density at radius 1 is 1.03 bits per heavy atom. The monoisotopic (exact) mass is 494 g/mol. The number of aromatic nitrogens is 4. The summed E-state index contributed by atoms with van der Waals surface area (Å²) in [6.45, 7) is 1.37. The van der Waals surface area contributed by atoms with E-state index in [9.17, 15) is 27.2 Å². The van der Waals surface area contributed by atoms with Gasteiger partial charge in [-0.15, -0.1) is 18.3 Å². The minimum absolute atomic E-state index is 0.0681. The van der Waals surface area contributed by atoms with Gasteiger partial charge in [-0.25, -0.2) is 14.2 Å². The third-order valence-electron chi connectivity index (χ3n) is 6.02. The summed E-state index contributed by atoms with van der Waals surface area (Å²) in [6, 6.07) is 6.09. The quantitative estimate of drug-likeness (QED) is 0.555. The van der Waals surface area contributed by atoms with E-state index in [1.54, 1.807) is 17.0 Å². The van der Waals surface area contributed by atoms with Crippen LogP contribution in [0.3, 0.4) is 0 Å². The number of carbonyl (C=O) groups is 2. The van der Waals surface area contributed by atoms with E-state index in [0.29, 0.717) is 37.3 Å². The third kappa shape index (κ3) is 4.81. The van der Waals surface area contributed by atoms with Crippen LogP contribution >= 0.6 is 0 Å². The molecule has 4 heterocycles. The Bertz CT molecular complexity index is 1270. The number of nitrogens with one attached hydrogen (secondary N) is 1. The second kappa shape index (κ2) is 8.67. The van der Waals surface area contributed by atoms with Crippen LogP contribution in [0.15, 0.2) is 30.3 Å². The maximum atomic E-state index is 13.8. The van der Waals surface area contributed by atoms with E-state index in [1.165, 1.54) is 11.0 Å². The highest BCUT2D eigenvalue weighted by molar-refractivity contribution is 5.94. The molecular formula is C21H18F4N6O4. The number of benzene rings is 1. The molecule has 3 aromatic rings. The number of nitrogens with zero attached hydrogens (tertiary/aromatic N) is 5. The normalized spacial score (nSPS) is 19.8. The van der Waals surface area contributed by atoms with Crippen molar-refractivity contribution in [1.82, 2.24) is 30.2 Å². The highest BCUT2D eigenvalue weighted by Crippen LogP contribution is 2.32. The molecule has 2 unspecified atom stereocenters. The first-order chi connectivity index (χ1) is 16.7. The molecule has 0 radical (unpaired) electrons. The van der Waals surface area contributed by atoms with Gasteiger partial charge in [-0.05, 0) is 29.8 Å². The highest BCUT2D eigenvalue weighted by Gasteiger charge is 2.44. The van der Waals surface area contributed by atoms with Crippen molar-refractivity contribution in [2.45, 2.75) is 13.0 Å². The number of halogens is 4. The number of alkyl halides is 3. The van der Waals surface area contributed by atoms with Crippen molar-refractivity contribution in [2.24, 2.45) is 11.8 Å². The molecule has 2 aliphatic heterocycles. The second-order valence-corrected chi connectivity index (χ2v) is 8.37. The lowest BCUT2D eigenvalue weighted by atomic mass is 10.0. The Morgan fingerprint density at radius 3 is 2.43 bits per heavy atom. The van der Waals surface area contributed by atoms with Crippen molar-refractivity contribution in [1.29, 1.82) is 0 Å². The number of fused-ring (bicyclic) bond motifs is 2. The smallest absolute Gasteiger partial charge is 0.445 e. The maximum absolute atomic E-state index is 13.8. The van der Waals surface area contributed by atoms with Gasteiger partial charge >= 0.3 is 12.5 Å². The minimum atomic E-state index is -5.01. The van der Waals surface area contributed by atoms with E-state index in [2.05, 4.69) is 25.1 Å². The summed E-state index contributed by atoms with van der Waals surface area (Å²) in [7, 11) is 0. The number of likely N-dealkylation sites (tertiary alicyclic amines) is 2. The average molecular weight is 494 g/mol. The summed E-state index contributed by atoms with van der Waals surface area (Å²) in [6.07, 6.45) is -5.63. The predicted molar refractivity (Wildman–Crippen MR) is 109 cm³/mol. The van der Waals surface area contributed by atoms with Gasteiger partial charge in [0.1, 0.15) is 17.8 Å². The zero-order chi connectivity index (χ0) is 24.7. The van der Waals surface area contributed by atoms with Crippen LogP contribution in [0.1, 0.15) is 16.1 Å². The predicted octanol–water partition coefficient (Wildman–Crippen LogP) is 2.73. The van der Waals surface area contributed by atoms with E-state index in [0.717, 1.165) is 12.1 Å². The Balaban J connectivity index is 1.13. The van der Waals surface area contributed by atoms with Gasteiger partial charge in [-0.3, -0.25) is 4.79 Å². The van der Waals surface area contributed by atoms with Gasteiger partial charge in [-0.1, -0.05) is 6.07 Å². The van der Waals surface area contributed by atoms with Gasteiger partial charge in [0.25, 0.3) is 5.91 Å². The van der Waals surface area contributed by atoms with Gasteiger partial charge in [0.05, 0.1) is 0 Å². The number of hydrogen-bond donors (Lipinski definition) is 1. The molecule has 2 amide bonds. The SMILES string of the molecule is O=C(OCc1ccc(OC(F)(F)F)c(F)c1)N1CC2CN(C(=O)c3ccc4n[nH]nc4n3)CC2C1. The van der Waals surface area contributed by atoms with E-state index < -0.39 is 24.0 Å². The van der Waals surface area contributed by atoms with Crippen LogP contribution in [-0.4, -0.2) is 74.7 Å². The number of amides is 2. The summed E-state index contributed by atoms with van der Waals surface area (Å²) in [5, 5.41) is 10.2. The van der Waals surface area contributed by atoms with E-state index >= 15 is 0 Å². The maximum Gasteiger partial charge on any atom is 0.573 e. The molecule has 0 bridgehead atoms. The van der Waals surface area contributed by atoms with Crippen molar-refractivity contribution in [3.05, 3.63) is 47.4 Å². The van der Waals surface area contributed by atoms with Crippen molar-refractivity contribution in [3.63, 3.8) is 0 Å². The third-order valence-corrected chi connectivity index (χ3v) is 6.02. The number of aromatic amines is 1. The topological polar surface area (TPSA) is 114 Å². The second-order valence-electron chi connectivity index (χ2n) is 8.37. The number of carbonyl (C=O) groups excluding carboxylic acids is 2. The molecule has 1 aromatic carbocycles.